The summed E-state index contributed by atoms with van der Waals surface area (Å²) >= 11 is 0. The minimum atomic E-state index is -4.56. The fraction of sp³-hybridized carbons (Fsp3) is 0.150. The van der Waals surface area contributed by atoms with Gasteiger partial charge in [-0.2, -0.15) is 18.4 Å². The standard InChI is InChI=1S/C20H14F3N7O/c1-10(11-2-3-16(31)25-6-11)29-19-28-7-12(5-24)17(30-19)15-9-27-18-14(15)4-13(8-26-18)20(21,22)23/h2-4,6-10H,1H3,(H,25,31)(H,26,27)(H,28,29,30)/t10-/m1/s1. The Labute approximate surface area is 172 Å². The van der Waals surface area contributed by atoms with E-state index in [0.29, 0.717) is 5.56 Å². The monoisotopic (exact) mass is 425 g/mol. The van der Waals surface area contributed by atoms with Crippen molar-refractivity contribution in [3.05, 3.63) is 70.0 Å². The Hall–Kier alpha value is -4.20. The minimum Gasteiger partial charge on any atom is -0.348 e. The second-order valence-electron chi connectivity index (χ2n) is 6.74. The Bertz CT molecular complexity index is 1350. The van der Waals surface area contributed by atoms with Gasteiger partial charge >= 0.3 is 6.18 Å². The molecule has 0 bridgehead atoms. The molecule has 4 heterocycles. The van der Waals surface area contributed by atoms with E-state index in [1.54, 1.807) is 12.3 Å². The van der Waals surface area contributed by atoms with Crippen LogP contribution in [0.5, 0.6) is 0 Å². The SMILES string of the molecule is C[C@@H](Nc1ncc(C#N)c(-c2c[nH]c3ncc(C(F)(F)F)cc23)n1)c1ccc(=O)[nH]c1. The maximum atomic E-state index is 13.1. The number of rotatable bonds is 4. The van der Waals surface area contributed by atoms with Crippen LogP contribution in [-0.4, -0.2) is 24.9 Å². The molecule has 1 atom stereocenters. The third-order valence-corrected chi connectivity index (χ3v) is 4.68. The first kappa shape index (κ1) is 20.1. The van der Waals surface area contributed by atoms with Crippen molar-refractivity contribution in [3.63, 3.8) is 0 Å². The van der Waals surface area contributed by atoms with Gasteiger partial charge in [0, 0.05) is 35.6 Å². The summed E-state index contributed by atoms with van der Waals surface area (Å²) in [5.41, 5.74) is 0.424. The average Bonchev–Trinajstić information content (AvgIpc) is 3.16. The normalized spacial score (nSPS) is 12.5. The molecule has 156 valence electrons. The molecular weight excluding hydrogens is 411 g/mol. The highest BCUT2D eigenvalue weighted by Crippen LogP contribution is 2.34. The minimum absolute atomic E-state index is 0.0977. The predicted molar refractivity (Wildman–Crippen MR) is 106 cm³/mol. The van der Waals surface area contributed by atoms with Crippen LogP contribution in [-0.2, 0) is 6.18 Å². The van der Waals surface area contributed by atoms with E-state index in [0.717, 1.165) is 17.8 Å². The van der Waals surface area contributed by atoms with Crippen molar-refractivity contribution in [3.8, 4) is 17.3 Å². The Morgan fingerprint density at radius 2 is 1.97 bits per heavy atom. The van der Waals surface area contributed by atoms with E-state index in [1.807, 2.05) is 13.0 Å². The van der Waals surface area contributed by atoms with Crippen LogP contribution in [0.3, 0.4) is 0 Å². The first-order valence-corrected chi connectivity index (χ1v) is 9.03. The number of halogens is 3. The molecule has 8 nitrogen and oxygen atoms in total. The molecule has 0 unspecified atom stereocenters. The summed E-state index contributed by atoms with van der Waals surface area (Å²) in [6.45, 7) is 1.82. The van der Waals surface area contributed by atoms with Gasteiger partial charge in [0.25, 0.3) is 0 Å². The number of aromatic amines is 2. The van der Waals surface area contributed by atoms with E-state index in [2.05, 4.69) is 30.2 Å². The summed E-state index contributed by atoms with van der Waals surface area (Å²) < 4.78 is 39.4. The highest BCUT2D eigenvalue weighted by molar-refractivity contribution is 5.94. The summed E-state index contributed by atoms with van der Waals surface area (Å²) in [6, 6.07) is 5.66. The number of fused-ring (bicyclic) bond motifs is 1. The van der Waals surface area contributed by atoms with E-state index in [9.17, 15) is 23.2 Å². The van der Waals surface area contributed by atoms with E-state index in [-0.39, 0.29) is 39.8 Å². The fourth-order valence-corrected chi connectivity index (χ4v) is 3.06. The third-order valence-electron chi connectivity index (χ3n) is 4.68. The molecule has 0 radical (unpaired) electrons. The van der Waals surface area contributed by atoms with Gasteiger partial charge < -0.3 is 15.3 Å². The van der Waals surface area contributed by atoms with Crippen LogP contribution >= 0.6 is 0 Å². The van der Waals surface area contributed by atoms with Crippen molar-refractivity contribution in [2.24, 2.45) is 0 Å². The van der Waals surface area contributed by atoms with Crippen LogP contribution in [0.2, 0.25) is 0 Å². The van der Waals surface area contributed by atoms with Crippen LogP contribution < -0.4 is 10.9 Å². The number of pyridine rings is 2. The van der Waals surface area contributed by atoms with Gasteiger partial charge in [-0.1, -0.05) is 6.07 Å². The lowest BCUT2D eigenvalue weighted by Gasteiger charge is -2.14. The van der Waals surface area contributed by atoms with Gasteiger partial charge in [0.15, 0.2) is 0 Å². The number of nitrogens with one attached hydrogen (secondary N) is 3. The molecule has 0 saturated heterocycles. The fourth-order valence-electron chi connectivity index (χ4n) is 3.06. The van der Waals surface area contributed by atoms with Crippen LogP contribution in [0.25, 0.3) is 22.3 Å². The zero-order valence-electron chi connectivity index (χ0n) is 15.9. The van der Waals surface area contributed by atoms with Gasteiger partial charge in [-0.25, -0.2) is 15.0 Å². The molecule has 4 rings (SSSR count). The van der Waals surface area contributed by atoms with Crippen LogP contribution in [0.4, 0.5) is 19.1 Å². The van der Waals surface area contributed by atoms with Gasteiger partial charge in [0.1, 0.15) is 11.7 Å². The van der Waals surface area contributed by atoms with Crippen molar-refractivity contribution in [2.45, 2.75) is 19.1 Å². The Morgan fingerprint density at radius 1 is 1.16 bits per heavy atom. The molecule has 4 aromatic rings. The number of nitriles is 1. The lowest BCUT2D eigenvalue weighted by Crippen LogP contribution is -2.12. The van der Waals surface area contributed by atoms with Gasteiger partial charge in [-0.05, 0) is 18.6 Å². The maximum absolute atomic E-state index is 13.1. The first-order valence-electron chi connectivity index (χ1n) is 9.03. The summed E-state index contributed by atoms with van der Waals surface area (Å²) in [5.74, 6) is 0.169. The van der Waals surface area contributed by atoms with Crippen LogP contribution in [0.1, 0.15) is 29.7 Å². The highest BCUT2D eigenvalue weighted by atomic mass is 19.4. The van der Waals surface area contributed by atoms with Gasteiger partial charge in [-0.3, -0.25) is 4.79 Å². The predicted octanol–water partition coefficient (Wildman–Crippen LogP) is 3.77. The molecule has 0 saturated carbocycles. The number of hydrogen-bond acceptors (Lipinski definition) is 6. The zero-order chi connectivity index (χ0) is 22.2. The van der Waals surface area contributed by atoms with E-state index in [1.165, 1.54) is 18.5 Å². The largest absolute Gasteiger partial charge is 0.417 e. The quantitative estimate of drug-likeness (QED) is 0.457. The van der Waals surface area contributed by atoms with Crippen LogP contribution in [0.15, 0.2) is 47.8 Å². The van der Waals surface area contributed by atoms with Gasteiger partial charge in [0.2, 0.25) is 11.5 Å². The second-order valence-corrected chi connectivity index (χ2v) is 6.74. The van der Waals surface area contributed by atoms with Crippen molar-refractivity contribution < 1.29 is 13.2 Å². The zero-order valence-corrected chi connectivity index (χ0v) is 15.9. The molecule has 4 aromatic heterocycles. The van der Waals surface area contributed by atoms with E-state index < -0.39 is 11.7 Å². The van der Waals surface area contributed by atoms with Crippen molar-refractivity contribution >= 4 is 17.0 Å². The van der Waals surface area contributed by atoms with Crippen molar-refractivity contribution in [1.82, 2.24) is 24.9 Å². The molecule has 0 fully saturated rings. The van der Waals surface area contributed by atoms with E-state index >= 15 is 0 Å². The van der Waals surface area contributed by atoms with Gasteiger partial charge in [-0.15, -0.1) is 0 Å². The summed E-state index contributed by atoms with van der Waals surface area (Å²) in [4.78, 5) is 28.9. The highest BCUT2D eigenvalue weighted by Gasteiger charge is 2.31. The van der Waals surface area contributed by atoms with Crippen LogP contribution in [0, 0.1) is 11.3 Å². The molecule has 0 amide bonds. The van der Waals surface area contributed by atoms with E-state index in [4.69, 9.17) is 0 Å². The van der Waals surface area contributed by atoms with Crippen molar-refractivity contribution in [1.29, 1.82) is 5.26 Å². The number of alkyl halides is 3. The lowest BCUT2D eigenvalue weighted by atomic mass is 10.1. The maximum Gasteiger partial charge on any atom is 0.417 e. The summed E-state index contributed by atoms with van der Waals surface area (Å²) in [7, 11) is 0. The Kier molecular flexibility index (Phi) is 4.90. The summed E-state index contributed by atoms with van der Waals surface area (Å²) in [5, 5.41) is 12.7. The lowest BCUT2D eigenvalue weighted by molar-refractivity contribution is -0.137. The molecule has 31 heavy (non-hydrogen) atoms. The second kappa shape index (κ2) is 7.56. The molecule has 0 aliphatic heterocycles. The Morgan fingerprint density at radius 3 is 2.65 bits per heavy atom. The Balaban J connectivity index is 1.76. The van der Waals surface area contributed by atoms with Crippen molar-refractivity contribution in [2.75, 3.05) is 5.32 Å². The topological polar surface area (TPSA) is 123 Å². The smallest absolute Gasteiger partial charge is 0.348 e. The molecule has 11 heteroatoms. The average molecular weight is 425 g/mol. The molecule has 3 N–H and O–H groups in total. The number of nitrogens with zero attached hydrogens (tertiary/aromatic N) is 4. The molecule has 0 spiro atoms. The summed E-state index contributed by atoms with van der Waals surface area (Å²) in [6.07, 6.45) is 0.486. The molecule has 0 aliphatic carbocycles. The number of H-pyrrole nitrogens is 2. The number of aromatic nitrogens is 5. The molecule has 0 aromatic carbocycles. The number of hydrogen-bond donors (Lipinski definition) is 3. The first-order chi connectivity index (χ1) is 14.8. The number of anilines is 1. The van der Waals surface area contributed by atoms with Gasteiger partial charge in [0.05, 0.1) is 29.1 Å². The third kappa shape index (κ3) is 3.95. The molecular formula is C20H14F3N7O. The molecule has 0 aliphatic rings.